The maximum absolute atomic E-state index is 11.1. The molecule has 0 bridgehead atoms. The van der Waals surface area contributed by atoms with Gasteiger partial charge in [0.15, 0.2) is 3.79 Å². The molecule has 0 aromatic heterocycles. The molecule has 0 spiro atoms. The Labute approximate surface area is 118 Å². The second kappa shape index (κ2) is 7.06. The average molecular weight is 302 g/mol. The van der Waals surface area contributed by atoms with Gasteiger partial charge in [-0.3, -0.25) is 4.79 Å². The number of esters is 1. The van der Waals surface area contributed by atoms with E-state index in [9.17, 15) is 4.79 Å². The lowest BCUT2D eigenvalue weighted by Crippen LogP contribution is -2.29. The largest absolute Gasteiger partial charge is 0.462 e. The average Bonchev–Trinajstić information content (AvgIpc) is 2.24. The summed E-state index contributed by atoms with van der Waals surface area (Å²) in [5.41, 5.74) is 0. The van der Waals surface area contributed by atoms with Crippen LogP contribution in [0.1, 0.15) is 51.9 Å². The van der Waals surface area contributed by atoms with E-state index < -0.39 is 3.79 Å². The number of rotatable bonds is 4. The SMILES string of the molecule is CC(=O)OC(CCC(Cl)(Cl)Cl)C1CCCCC1. The molecule has 1 unspecified atom stereocenters. The van der Waals surface area contributed by atoms with E-state index in [-0.39, 0.29) is 12.1 Å². The number of halogens is 3. The molecule has 100 valence electrons. The molecule has 5 heteroatoms. The fourth-order valence-corrected chi connectivity index (χ4v) is 2.74. The summed E-state index contributed by atoms with van der Waals surface area (Å²) < 4.78 is 4.11. The van der Waals surface area contributed by atoms with Crippen molar-refractivity contribution in [3.63, 3.8) is 0 Å². The third kappa shape index (κ3) is 6.73. The molecule has 2 nitrogen and oxygen atoms in total. The van der Waals surface area contributed by atoms with Gasteiger partial charge in [0.1, 0.15) is 6.10 Å². The molecule has 1 rings (SSSR count). The first kappa shape index (κ1) is 15.4. The molecule has 1 saturated carbocycles. The number of hydrogen-bond donors (Lipinski definition) is 0. The molecule has 1 aliphatic rings. The first-order chi connectivity index (χ1) is 7.88. The number of ether oxygens (including phenoxy) is 1. The van der Waals surface area contributed by atoms with Crippen LogP contribution in [0.2, 0.25) is 0 Å². The Kier molecular flexibility index (Phi) is 6.39. The third-order valence-corrected chi connectivity index (χ3v) is 3.77. The highest BCUT2D eigenvalue weighted by molar-refractivity contribution is 6.67. The minimum Gasteiger partial charge on any atom is -0.462 e. The van der Waals surface area contributed by atoms with E-state index in [2.05, 4.69) is 0 Å². The van der Waals surface area contributed by atoms with Gasteiger partial charge in [0.25, 0.3) is 0 Å². The van der Waals surface area contributed by atoms with E-state index in [1.807, 2.05) is 0 Å². The summed E-state index contributed by atoms with van der Waals surface area (Å²) in [6, 6.07) is 0. The highest BCUT2D eigenvalue weighted by atomic mass is 35.6. The van der Waals surface area contributed by atoms with Crippen LogP contribution in [0.5, 0.6) is 0 Å². The summed E-state index contributed by atoms with van der Waals surface area (Å²) in [5, 5.41) is 0. The summed E-state index contributed by atoms with van der Waals surface area (Å²) in [4.78, 5) is 11.1. The molecule has 0 N–H and O–H groups in total. The van der Waals surface area contributed by atoms with Crippen LogP contribution >= 0.6 is 34.8 Å². The van der Waals surface area contributed by atoms with Gasteiger partial charge in [-0.05, 0) is 31.6 Å². The van der Waals surface area contributed by atoms with Gasteiger partial charge in [0, 0.05) is 6.92 Å². The number of carbonyl (C=O) groups is 1. The van der Waals surface area contributed by atoms with E-state index in [1.165, 1.54) is 26.2 Å². The second-order valence-electron chi connectivity index (χ2n) is 4.70. The highest BCUT2D eigenvalue weighted by Gasteiger charge is 2.29. The Bertz CT molecular complexity index is 245. The van der Waals surface area contributed by atoms with Crippen molar-refractivity contribution >= 4 is 40.8 Å². The van der Waals surface area contributed by atoms with Crippen LogP contribution in [0, 0.1) is 5.92 Å². The maximum atomic E-state index is 11.1. The third-order valence-electron chi connectivity index (χ3n) is 3.21. The summed E-state index contributed by atoms with van der Waals surface area (Å²) in [6.45, 7) is 1.44. The zero-order valence-electron chi connectivity index (χ0n) is 10.1. The van der Waals surface area contributed by atoms with Crippen molar-refractivity contribution in [2.24, 2.45) is 5.92 Å². The van der Waals surface area contributed by atoms with Crippen LogP contribution in [0.3, 0.4) is 0 Å². The summed E-state index contributed by atoms with van der Waals surface area (Å²) in [6.07, 6.45) is 6.85. The van der Waals surface area contributed by atoms with Gasteiger partial charge in [-0.15, -0.1) is 0 Å². The molecule has 1 fully saturated rings. The molecule has 0 heterocycles. The lowest BCUT2D eigenvalue weighted by atomic mass is 9.83. The standard InChI is InChI=1S/C12H19Cl3O2/c1-9(16)17-11(7-8-12(13,14)15)10-5-3-2-4-6-10/h10-11H,2-8H2,1H3. The molecular weight excluding hydrogens is 282 g/mol. The van der Waals surface area contributed by atoms with E-state index in [1.54, 1.807) is 0 Å². The monoisotopic (exact) mass is 300 g/mol. The highest BCUT2D eigenvalue weighted by Crippen LogP contribution is 2.36. The number of alkyl halides is 3. The number of carbonyl (C=O) groups excluding carboxylic acids is 1. The smallest absolute Gasteiger partial charge is 0.302 e. The molecular formula is C12H19Cl3O2. The van der Waals surface area contributed by atoms with E-state index in [0.29, 0.717) is 18.8 Å². The normalized spacial score (nSPS) is 20.0. The topological polar surface area (TPSA) is 26.3 Å². The van der Waals surface area contributed by atoms with Gasteiger partial charge in [0.2, 0.25) is 0 Å². The number of hydrogen-bond acceptors (Lipinski definition) is 2. The quantitative estimate of drug-likeness (QED) is 0.558. The van der Waals surface area contributed by atoms with E-state index in [4.69, 9.17) is 39.5 Å². The van der Waals surface area contributed by atoms with Crippen molar-refractivity contribution < 1.29 is 9.53 Å². The van der Waals surface area contributed by atoms with E-state index in [0.717, 1.165) is 12.8 Å². The molecule has 1 atom stereocenters. The fraction of sp³-hybridized carbons (Fsp3) is 0.917. The second-order valence-corrected chi connectivity index (χ2v) is 7.22. The van der Waals surface area contributed by atoms with Gasteiger partial charge in [0.05, 0.1) is 0 Å². The van der Waals surface area contributed by atoms with Crippen LogP contribution in [-0.4, -0.2) is 15.9 Å². The van der Waals surface area contributed by atoms with E-state index >= 15 is 0 Å². The van der Waals surface area contributed by atoms with Gasteiger partial charge in [-0.2, -0.15) is 0 Å². The van der Waals surface area contributed by atoms with Crippen molar-refractivity contribution in [3.05, 3.63) is 0 Å². The van der Waals surface area contributed by atoms with Crippen LogP contribution in [0.25, 0.3) is 0 Å². The minimum absolute atomic E-state index is 0.0941. The van der Waals surface area contributed by atoms with Crippen LogP contribution in [-0.2, 0) is 9.53 Å². The molecule has 0 aromatic rings. The summed E-state index contributed by atoms with van der Waals surface area (Å²) >= 11 is 17.2. The maximum Gasteiger partial charge on any atom is 0.302 e. The van der Waals surface area contributed by atoms with Crippen LogP contribution in [0.15, 0.2) is 0 Å². The van der Waals surface area contributed by atoms with Crippen molar-refractivity contribution in [2.75, 3.05) is 0 Å². The Morgan fingerprint density at radius 2 is 1.88 bits per heavy atom. The first-order valence-corrected chi connectivity index (χ1v) is 7.26. The van der Waals surface area contributed by atoms with Crippen molar-refractivity contribution in [3.8, 4) is 0 Å². The first-order valence-electron chi connectivity index (χ1n) is 6.12. The Morgan fingerprint density at radius 1 is 1.29 bits per heavy atom. The molecule has 0 amide bonds. The summed E-state index contributed by atoms with van der Waals surface area (Å²) in [7, 11) is 0. The lowest BCUT2D eigenvalue weighted by molar-refractivity contribution is -0.150. The Hall–Kier alpha value is 0.340. The molecule has 17 heavy (non-hydrogen) atoms. The molecule has 0 aliphatic heterocycles. The molecule has 0 aromatic carbocycles. The van der Waals surface area contributed by atoms with Crippen molar-refractivity contribution in [1.29, 1.82) is 0 Å². The predicted octanol–water partition coefficient (Wildman–Crippen LogP) is 4.65. The van der Waals surface area contributed by atoms with Gasteiger partial charge < -0.3 is 4.74 Å². The van der Waals surface area contributed by atoms with Crippen LogP contribution < -0.4 is 0 Å². The van der Waals surface area contributed by atoms with Gasteiger partial charge >= 0.3 is 5.97 Å². The Balaban J connectivity index is 2.49. The fourth-order valence-electron chi connectivity index (χ4n) is 2.42. The summed E-state index contributed by atoms with van der Waals surface area (Å²) in [5.74, 6) is 0.185. The predicted molar refractivity (Wildman–Crippen MR) is 71.7 cm³/mol. The van der Waals surface area contributed by atoms with Gasteiger partial charge in [-0.25, -0.2) is 0 Å². The lowest BCUT2D eigenvalue weighted by Gasteiger charge is -2.30. The zero-order valence-corrected chi connectivity index (χ0v) is 12.3. The molecule has 1 aliphatic carbocycles. The van der Waals surface area contributed by atoms with Gasteiger partial charge in [-0.1, -0.05) is 54.1 Å². The Morgan fingerprint density at radius 3 is 2.35 bits per heavy atom. The minimum atomic E-state index is -1.26. The molecule has 0 radical (unpaired) electrons. The van der Waals surface area contributed by atoms with Crippen molar-refractivity contribution in [1.82, 2.24) is 0 Å². The zero-order chi connectivity index (χ0) is 12.9. The molecule has 0 saturated heterocycles. The van der Waals surface area contributed by atoms with Crippen LogP contribution in [0.4, 0.5) is 0 Å². The van der Waals surface area contributed by atoms with Crippen molar-refractivity contribution in [2.45, 2.75) is 61.8 Å².